The Morgan fingerprint density at radius 1 is 1.33 bits per heavy atom. The fourth-order valence-electron chi connectivity index (χ4n) is 1.87. The lowest BCUT2D eigenvalue weighted by Crippen LogP contribution is -2.14. The van der Waals surface area contributed by atoms with Crippen LogP contribution in [0.15, 0.2) is 0 Å². The van der Waals surface area contributed by atoms with Crippen LogP contribution in [-0.2, 0) is 24.5 Å². The number of hydrogen-bond donors (Lipinski definition) is 1. The average molecular weight is 208 g/mol. The molecule has 1 aromatic heterocycles. The maximum Gasteiger partial charge on any atom is 0.142 e. The summed E-state index contributed by atoms with van der Waals surface area (Å²) in [6.45, 7) is 3.68. The lowest BCUT2D eigenvalue weighted by molar-refractivity contribution is 0.133. The van der Waals surface area contributed by atoms with Crippen LogP contribution < -0.4 is 0 Å². The van der Waals surface area contributed by atoms with Gasteiger partial charge in [-0.05, 0) is 21.0 Å². The third kappa shape index (κ3) is 1.82. The van der Waals surface area contributed by atoms with Gasteiger partial charge in [0.2, 0.25) is 0 Å². The molecule has 0 atom stereocenters. The van der Waals surface area contributed by atoms with Crippen molar-refractivity contribution in [2.45, 2.75) is 26.7 Å². The predicted octanol–water partition coefficient (Wildman–Crippen LogP) is 1.19. The molecule has 0 spiro atoms. The molecule has 0 saturated heterocycles. The van der Waals surface area contributed by atoms with Gasteiger partial charge in [0, 0.05) is 17.7 Å². The van der Waals surface area contributed by atoms with Gasteiger partial charge in [0.1, 0.15) is 5.75 Å². The van der Waals surface area contributed by atoms with E-state index < -0.39 is 0 Å². The van der Waals surface area contributed by atoms with Gasteiger partial charge in [-0.15, -0.1) is 0 Å². The summed E-state index contributed by atoms with van der Waals surface area (Å²) in [4.78, 5) is 6.48. The molecule has 1 N–H and O–H groups in total. The van der Waals surface area contributed by atoms with Crippen molar-refractivity contribution in [3.8, 4) is 5.75 Å². The summed E-state index contributed by atoms with van der Waals surface area (Å²) < 4.78 is 5.35. The Labute approximate surface area is 89.5 Å². The molecule has 0 amide bonds. The number of hydrogen-bond acceptors (Lipinski definition) is 4. The Morgan fingerprint density at radius 2 is 2.00 bits per heavy atom. The van der Waals surface area contributed by atoms with Crippen LogP contribution in [0, 0.1) is 6.92 Å². The van der Waals surface area contributed by atoms with Gasteiger partial charge in [-0.2, -0.15) is 0 Å². The van der Waals surface area contributed by atoms with Gasteiger partial charge >= 0.3 is 0 Å². The molecule has 82 valence electrons. The largest absolute Gasteiger partial charge is 0.506 e. The molecule has 2 heterocycles. The minimum Gasteiger partial charge on any atom is -0.506 e. The van der Waals surface area contributed by atoms with Crippen LogP contribution in [0.2, 0.25) is 0 Å². The van der Waals surface area contributed by atoms with Gasteiger partial charge in [-0.3, -0.25) is 4.98 Å². The van der Waals surface area contributed by atoms with Crippen molar-refractivity contribution >= 4 is 0 Å². The molecule has 0 aliphatic carbocycles. The highest BCUT2D eigenvalue weighted by molar-refractivity contribution is 5.45. The quantitative estimate of drug-likeness (QED) is 0.793. The van der Waals surface area contributed by atoms with Crippen LogP contribution in [0.3, 0.4) is 0 Å². The topological polar surface area (TPSA) is 45.6 Å². The van der Waals surface area contributed by atoms with Gasteiger partial charge in [0.15, 0.2) is 0 Å². The molecule has 4 heteroatoms. The molecule has 0 unspecified atom stereocenters. The molecule has 0 radical (unpaired) electrons. The minimum absolute atomic E-state index is 0.296. The molecular weight excluding hydrogens is 192 g/mol. The molecule has 0 fully saturated rings. The molecular formula is C11H16N2O2. The second-order valence-electron chi connectivity index (χ2n) is 4.18. The number of rotatable bonds is 2. The average Bonchev–Trinajstić information content (AvgIpc) is 2.61. The van der Waals surface area contributed by atoms with Gasteiger partial charge in [-0.1, -0.05) is 0 Å². The molecule has 0 aromatic carbocycles. The maximum atomic E-state index is 9.82. The Morgan fingerprint density at radius 3 is 2.67 bits per heavy atom. The van der Waals surface area contributed by atoms with Crippen LogP contribution in [0.25, 0.3) is 0 Å². The SMILES string of the molecule is Cc1nc(CN(C)C)c2c(c1O)COC2. The Hall–Kier alpha value is -1.13. The molecule has 2 rings (SSSR count). The van der Waals surface area contributed by atoms with E-state index in [0.29, 0.717) is 24.7 Å². The predicted molar refractivity (Wildman–Crippen MR) is 56.5 cm³/mol. The van der Waals surface area contributed by atoms with Gasteiger partial charge < -0.3 is 14.7 Å². The van der Waals surface area contributed by atoms with E-state index in [1.807, 2.05) is 21.0 Å². The third-order valence-electron chi connectivity index (χ3n) is 2.60. The molecule has 1 aliphatic heterocycles. The molecule has 4 nitrogen and oxygen atoms in total. The standard InChI is InChI=1S/C11H16N2O2/c1-7-11(14)9-6-15-5-8(9)10(12-7)4-13(2)3/h14H,4-6H2,1-3H3. The van der Waals surface area contributed by atoms with E-state index in [1.165, 1.54) is 0 Å². The first-order valence-electron chi connectivity index (χ1n) is 5.02. The number of aryl methyl sites for hydroxylation is 1. The van der Waals surface area contributed by atoms with Crippen molar-refractivity contribution in [2.24, 2.45) is 0 Å². The van der Waals surface area contributed by atoms with Crippen molar-refractivity contribution in [1.82, 2.24) is 9.88 Å². The highest BCUT2D eigenvalue weighted by Crippen LogP contribution is 2.32. The fourth-order valence-corrected chi connectivity index (χ4v) is 1.87. The number of nitrogens with zero attached hydrogens (tertiary/aromatic N) is 2. The van der Waals surface area contributed by atoms with Crippen molar-refractivity contribution in [2.75, 3.05) is 14.1 Å². The number of pyridine rings is 1. The summed E-state index contributed by atoms with van der Waals surface area (Å²) in [5.74, 6) is 0.296. The van der Waals surface area contributed by atoms with Gasteiger partial charge in [-0.25, -0.2) is 0 Å². The molecule has 0 saturated carbocycles. The molecule has 0 bridgehead atoms. The van der Waals surface area contributed by atoms with E-state index in [9.17, 15) is 5.11 Å². The third-order valence-corrected chi connectivity index (χ3v) is 2.60. The van der Waals surface area contributed by atoms with Gasteiger partial charge in [0.25, 0.3) is 0 Å². The highest BCUT2D eigenvalue weighted by Gasteiger charge is 2.22. The van der Waals surface area contributed by atoms with E-state index in [-0.39, 0.29) is 0 Å². The lowest BCUT2D eigenvalue weighted by atomic mass is 10.1. The zero-order valence-corrected chi connectivity index (χ0v) is 9.37. The van der Waals surface area contributed by atoms with E-state index in [2.05, 4.69) is 9.88 Å². The summed E-state index contributed by atoms with van der Waals surface area (Å²) in [6, 6.07) is 0. The summed E-state index contributed by atoms with van der Waals surface area (Å²) in [7, 11) is 4.01. The van der Waals surface area contributed by atoms with E-state index in [1.54, 1.807) is 0 Å². The second-order valence-corrected chi connectivity index (χ2v) is 4.18. The Balaban J connectivity index is 2.47. The number of fused-ring (bicyclic) bond motifs is 1. The first kappa shape index (κ1) is 10.4. The summed E-state index contributed by atoms with van der Waals surface area (Å²) in [5.41, 5.74) is 3.69. The summed E-state index contributed by atoms with van der Waals surface area (Å²) >= 11 is 0. The van der Waals surface area contributed by atoms with Crippen molar-refractivity contribution in [3.63, 3.8) is 0 Å². The number of aromatic nitrogens is 1. The van der Waals surface area contributed by atoms with E-state index in [4.69, 9.17) is 4.74 Å². The van der Waals surface area contributed by atoms with Crippen LogP contribution in [-0.4, -0.2) is 29.1 Å². The molecule has 1 aromatic rings. The number of aromatic hydroxyl groups is 1. The zero-order chi connectivity index (χ0) is 11.0. The Kier molecular flexibility index (Phi) is 2.63. The van der Waals surface area contributed by atoms with Crippen molar-refractivity contribution in [3.05, 3.63) is 22.5 Å². The molecule has 1 aliphatic rings. The first-order valence-corrected chi connectivity index (χ1v) is 5.02. The first-order chi connectivity index (χ1) is 7.09. The maximum absolute atomic E-state index is 9.82. The van der Waals surface area contributed by atoms with Crippen molar-refractivity contribution in [1.29, 1.82) is 0 Å². The van der Waals surface area contributed by atoms with Crippen LogP contribution in [0.5, 0.6) is 5.75 Å². The van der Waals surface area contributed by atoms with Crippen LogP contribution in [0.4, 0.5) is 0 Å². The second kappa shape index (κ2) is 3.79. The fraction of sp³-hybridized carbons (Fsp3) is 0.545. The molecule has 15 heavy (non-hydrogen) atoms. The normalized spacial score (nSPS) is 14.7. The van der Waals surface area contributed by atoms with Crippen LogP contribution >= 0.6 is 0 Å². The summed E-state index contributed by atoms with van der Waals surface area (Å²) in [6.07, 6.45) is 0. The highest BCUT2D eigenvalue weighted by atomic mass is 16.5. The Bertz CT molecular complexity index is 389. The zero-order valence-electron chi connectivity index (χ0n) is 9.37. The van der Waals surface area contributed by atoms with E-state index in [0.717, 1.165) is 23.4 Å². The monoisotopic (exact) mass is 208 g/mol. The lowest BCUT2D eigenvalue weighted by Gasteiger charge is -2.14. The van der Waals surface area contributed by atoms with Crippen LogP contribution in [0.1, 0.15) is 22.5 Å². The van der Waals surface area contributed by atoms with Gasteiger partial charge in [0.05, 0.1) is 24.6 Å². The summed E-state index contributed by atoms with van der Waals surface area (Å²) in [5, 5.41) is 9.82. The van der Waals surface area contributed by atoms with Crippen molar-refractivity contribution < 1.29 is 9.84 Å². The smallest absolute Gasteiger partial charge is 0.142 e. The number of ether oxygens (including phenoxy) is 1. The van der Waals surface area contributed by atoms with E-state index >= 15 is 0 Å². The minimum atomic E-state index is 0.296.